The molecule has 0 aliphatic rings. The summed E-state index contributed by atoms with van der Waals surface area (Å²) in [7, 11) is 0. The molecule has 0 aliphatic carbocycles. The Kier molecular flexibility index (Phi) is 2.56. The van der Waals surface area contributed by atoms with Gasteiger partial charge in [-0.05, 0) is 6.92 Å². The lowest BCUT2D eigenvalue weighted by Gasteiger charge is -2.21. The zero-order chi connectivity index (χ0) is 8.58. The third-order valence-corrected chi connectivity index (χ3v) is 1.18. The van der Waals surface area contributed by atoms with Crippen molar-refractivity contribution in [1.82, 2.24) is 0 Å². The molecule has 0 amide bonds. The largest absolute Gasteiger partial charge is 0.454 e. The first kappa shape index (κ1) is 10.0. The van der Waals surface area contributed by atoms with Crippen molar-refractivity contribution in [2.75, 3.05) is 0 Å². The molecule has 10 heavy (non-hydrogen) atoms. The highest BCUT2D eigenvalue weighted by Crippen LogP contribution is 2.39. The Bertz CT molecular complexity index is 115. The van der Waals surface area contributed by atoms with Crippen LogP contribution in [0.5, 0.6) is 0 Å². The van der Waals surface area contributed by atoms with Crippen LogP contribution in [-0.2, 0) is 0 Å². The Morgan fingerprint density at radius 2 is 1.40 bits per heavy atom. The molecule has 0 N–H and O–H groups in total. The fraction of sp³-hybridized carbons (Fsp3) is 1.00. The Labute approximate surface area is 59.8 Å². The lowest BCUT2D eigenvalue weighted by molar-refractivity contribution is -0.279. The molecular formula is C4H4F5S. The summed E-state index contributed by atoms with van der Waals surface area (Å²) in [6.45, 7) is 0.642. The molecule has 1 atom stereocenters. The average molecular weight is 179 g/mol. The van der Waals surface area contributed by atoms with Crippen LogP contribution in [-0.4, -0.2) is 17.3 Å². The van der Waals surface area contributed by atoms with Crippen molar-refractivity contribution >= 4 is 12.6 Å². The van der Waals surface area contributed by atoms with Crippen LogP contribution in [0.25, 0.3) is 0 Å². The average Bonchev–Trinajstić information content (AvgIpc) is 1.62. The monoisotopic (exact) mass is 179 g/mol. The van der Waals surface area contributed by atoms with Crippen LogP contribution in [0.1, 0.15) is 6.92 Å². The second kappa shape index (κ2) is 2.56. The molecule has 0 aromatic carbocycles. The predicted molar refractivity (Wildman–Crippen MR) is 28.1 cm³/mol. The molecule has 0 rings (SSSR count). The summed E-state index contributed by atoms with van der Waals surface area (Å²) in [4.78, 5) is 0. The molecule has 0 spiro atoms. The highest BCUT2D eigenvalue weighted by Gasteiger charge is 2.60. The molecule has 0 aromatic heterocycles. The summed E-state index contributed by atoms with van der Waals surface area (Å²) >= 11 is 3.79. The van der Waals surface area contributed by atoms with Crippen LogP contribution < -0.4 is 0 Å². The fourth-order valence-corrected chi connectivity index (χ4v) is 0.364. The van der Waals surface area contributed by atoms with Gasteiger partial charge in [-0.1, -0.05) is 12.6 Å². The van der Waals surface area contributed by atoms with Gasteiger partial charge < -0.3 is 0 Å². The van der Waals surface area contributed by atoms with Gasteiger partial charge in [0, 0.05) is 0 Å². The molecule has 6 heteroatoms. The summed E-state index contributed by atoms with van der Waals surface area (Å²) in [5, 5.41) is -2.12. The van der Waals surface area contributed by atoms with Gasteiger partial charge in [-0.2, -0.15) is 22.0 Å². The quantitative estimate of drug-likeness (QED) is 0.543. The summed E-state index contributed by atoms with van der Waals surface area (Å²) in [5.74, 6) is -4.75. The minimum Gasteiger partial charge on any atom is -0.195 e. The maximum Gasteiger partial charge on any atom is 0.454 e. The van der Waals surface area contributed by atoms with E-state index in [0.717, 1.165) is 0 Å². The first-order valence-corrected chi connectivity index (χ1v) is 2.77. The topological polar surface area (TPSA) is 0 Å². The lowest BCUT2D eigenvalue weighted by Crippen LogP contribution is -2.43. The van der Waals surface area contributed by atoms with Crippen LogP contribution in [0.4, 0.5) is 22.0 Å². The number of halogens is 5. The Hall–Kier alpha value is -0.0000000000000000555. The first-order valence-electron chi connectivity index (χ1n) is 2.30. The molecule has 0 nitrogen and oxygen atoms in total. The van der Waals surface area contributed by atoms with E-state index in [2.05, 4.69) is 12.6 Å². The summed E-state index contributed by atoms with van der Waals surface area (Å²) in [6, 6.07) is 0. The van der Waals surface area contributed by atoms with Crippen molar-refractivity contribution in [3.63, 3.8) is 0 Å². The zero-order valence-electron chi connectivity index (χ0n) is 4.88. The first-order chi connectivity index (χ1) is 4.19. The van der Waals surface area contributed by atoms with Gasteiger partial charge >= 0.3 is 12.1 Å². The van der Waals surface area contributed by atoms with E-state index in [4.69, 9.17) is 0 Å². The molecule has 0 heterocycles. The van der Waals surface area contributed by atoms with Crippen molar-refractivity contribution in [3.05, 3.63) is 0 Å². The smallest absolute Gasteiger partial charge is 0.195 e. The van der Waals surface area contributed by atoms with Crippen molar-refractivity contribution in [2.24, 2.45) is 0 Å². The Balaban J connectivity index is 4.40. The second-order valence-corrected chi connectivity index (χ2v) is 2.47. The molecule has 1 radical (unpaired) electrons. The van der Waals surface area contributed by atoms with Crippen molar-refractivity contribution in [2.45, 2.75) is 24.3 Å². The molecule has 1 unspecified atom stereocenters. The van der Waals surface area contributed by atoms with Crippen LogP contribution in [0.15, 0.2) is 0 Å². The number of alkyl halides is 5. The SMILES string of the molecule is CC([S])C(F)(F)C(F)(F)F. The molecule has 0 aliphatic heterocycles. The molecule has 0 bridgehead atoms. The van der Waals surface area contributed by atoms with Gasteiger partial charge in [0.05, 0.1) is 5.25 Å². The van der Waals surface area contributed by atoms with Crippen LogP contribution >= 0.6 is 12.6 Å². The number of rotatable bonds is 1. The Morgan fingerprint density at radius 3 is 1.40 bits per heavy atom. The maximum atomic E-state index is 11.8. The van der Waals surface area contributed by atoms with Crippen LogP contribution in [0.2, 0.25) is 0 Å². The van der Waals surface area contributed by atoms with E-state index in [-0.39, 0.29) is 0 Å². The van der Waals surface area contributed by atoms with E-state index in [1.807, 2.05) is 0 Å². The minimum atomic E-state index is -5.52. The standard InChI is InChI=1S/C4H4F5S/c1-2(10)3(5,6)4(7,8)9/h2H,1H3. The van der Waals surface area contributed by atoms with Crippen LogP contribution in [0, 0.1) is 0 Å². The van der Waals surface area contributed by atoms with Crippen molar-refractivity contribution in [1.29, 1.82) is 0 Å². The molecular weight excluding hydrogens is 175 g/mol. The predicted octanol–water partition coefficient (Wildman–Crippen LogP) is 2.77. The molecule has 0 aromatic rings. The van der Waals surface area contributed by atoms with E-state index < -0.39 is 17.3 Å². The van der Waals surface area contributed by atoms with Crippen molar-refractivity contribution < 1.29 is 22.0 Å². The normalized spacial score (nSPS) is 17.1. The lowest BCUT2D eigenvalue weighted by atomic mass is 10.2. The molecule has 0 saturated carbocycles. The molecule has 61 valence electrons. The highest BCUT2D eigenvalue weighted by molar-refractivity contribution is 7.81. The molecule has 0 fully saturated rings. The van der Waals surface area contributed by atoms with Crippen LogP contribution in [0.3, 0.4) is 0 Å². The third-order valence-electron chi connectivity index (χ3n) is 0.889. The maximum absolute atomic E-state index is 11.8. The summed E-state index contributed by atoms with van der Waals surface area (Å²) in [6.07, 6.45) is -5.52. The van der Waals surface area contributed by atoms with E-state index >= 15 is 0 Å². The van der Waals surface area contributed by atoms with Gasteiger partial charge in [0.2, 0.25) is 0 Å². The number of hydrogen-bond acceptors (Lipinski definition) is 0. The van der Waals surface area contributed by atoms with E-state index in [9.17, 15) is 22.0 Å². The Morgan fingerprint density at radius 1 is 1.10 bits per heavy atom. The second-order valence-electron chi connectivity index (χ2n) is 1.76. The van der Waals surface area contributed by atoms with E-state index in [0.29, 0.717) is 6.92 Å². The van der Waals surface area contributed by atoms with Gasteiger partial charge in [-0.25, -0.2) is 0 Å². The van der Waals surface area contributed by atoms with Gasteiger partial charge in [0.1, 0.15) is 0 Å². The molecule has 0 saturated heterocycles. The fourth-order valence-electron chi connectivity index (χ4n) is 0.230. The minimum absolute atomic E-state index is 0.642. The van der Waals surface area contributed by atoms with Crippen molar-refractivity contribution in [3.8, 4) is 0 Å². The van der Waals surface area contributed by atoms with Gasteiger partial charge in [0.15, 0.2) is 0 Å². The van der Waals surface area contributed by atoms with Gasteiger partial charge in [-0.15, -0.1) is 0 Å². The summed E-state index contributed by atoms with van der Waals surface area (Å²) < 4.78 is 57.5. The zero-order valence-corrected chi connectivity index (χ0v) is 5.69. The number of hydrogen-bond donors (Lipinski definition) is 0. The summed E-state index contributed by atoms with van der Waals surface area (Å²) in [5.41, 5.74) is 0. The van der Waals surface area contributed by atoms with Gasteiger partial charge in [0.25, 0.3) is 0 Å². The highest BCUT2D eigenvalue weighted by atomic mass is 32.1. The third kappa shape index (κ3) is 1.74. The van der Waals surface area contributed by atoms with E-state index in [1.54, 1.807) is 0 Å². The van der Waals surface area contributed by atoms with Gasteiger partial charge in [-0.3, -0.25) is 0 Å². The van der Waals surface area contributed by atoms with E-state index in [1.165, 1.54) is 0 Å².